The SMILES string of the molecule is CNc1nc(O)c(CN2CC(Oc3cc(OC)ncn3)CC2C)s1. The first-order valence-corrected chi connectivity index (χ1v) is 8.54. The van der Waals surface area contributed by atoms with Gasteiger partial charge in [0.05, 0.1) is 18.1 Å². The summed E-state index contributed by atoms with van der Waals surface area (Å²) in [4.78, 5) is 15.3. The largest absolute Gasteiger partial charge is 0.492 e. The maximum absolute atomic E-state index is 9.94. The zero-order valence-electron chi connectivity index (χ0n) is 13.9. The van der Waals surface area contributed by atoms with Crippen LogP contribution in [0.25, 0.3) is 0 Å². The Morgan fingerprint density at radius 1 is 1.42 bits per heavy atom. The molecule has 2 aromatic heterocycles. The number of anilines is 1. The van der Waals surface area contributed by atoms with Crippen molar-refractivity contribution in [1.82, 2.24) is 19.9 Å². The molecule has 2 unspecified atom stereocenters. The van der Waals surface area contributed by atoms with Crippen molar-refractivity contribution >= 4 is 16.5 Å². The van der Waals surface area contributed by atoms with Crippen LogP contribution in [0.15, 0.2) is 12.4 Å². The number of hydrogen-bond acceptors (Lipinski definition) is 9. The summed E-state index contributed by atoms with van der Waals surface area (Å²) in [5.41, 5.74) is 0. The van der Waals surface area contributed by atoms with Crippen LogP contribution >= 0.6 is 11.3 Å². The van der Waals surface area contributed by atoms with Crippen LogP contribution in [0.2, 0.25) is 0 Å². The Balaban J connectivity index is 1.62. The number of ether oxygens (including phenoxy) is 2. The van der Waals surface area contributed by atoms with E-state index in [-0.39, 0.29) is 12.0 Å². The van der Waals surface area contributed by atoms with Crippen LogP contribution in [0.5, 0.6) is 17.6 Å². The minimum atomic E-state index is 0.0402. The van der Waals surface area contributed by atoms with Gasteiger partial charge in [0.15, 0.2) is 5.13 Å². The van der Waals surface area contributed by atoms with Gasteiger partial charge >= 0.3 is 0 Å². The highest BCUT2D eigenvalue weighted by Gasteiger charge is 2.32. The highest BCUT2D eigenvalue weighted by atomic mass is 32.1. The van der Waals surface area contributed by atoms with E-state index in [0.29, 0.717) is 24.3 Å². The number of thiazole rings is 1. The van der Waals surface area contributed by atoms with E-state index >= 15 is 0 Å². The normalized spacial score (nSPS) is 21.0. The molecule has 3 heterocycles. The summed E-state index contributed by atoms with van der Waals surface area (Å²) >= 11 is 1.47. The number of nitrogens with zero attached hydrogens (tertiary/aromatic N) is 4. The molecule has 0 radical (unpaired) electrons. The lowest BCUT2D eigenvalue weighted by Gasteiger charge is -2.19. The lowest BCUT2D eigenvalue weighted by atomic mass is 10.2. The Kier molecular flexibility index (Phi) is 5.00. The third-order valence-electron chi connectivity index (χ3n) is 4.02. The topological polar surface area (TPSA) is 92.6 Å². The third kappa shape index (κ3) is 3.68. The van der Waals surface area contributed by atoms with E-state index < -0.39 is 0 Å². The average Bonchev–Trinajstić information content (AvgIpc) is 3.10. The van der Waals surface area contributed by atoms with Gasteiger partial charge in [0.2, 0.25) is 17.6 Å². The van der Waals surface area contributed by atoms with E-state index in [1.165, 1.54) is 17.7 Å². The molecule has 0 amide bonds. The van der Waals surface area contributed by atoms with Crippen molar-refractivity contribution < 1.29 is 14.6 Å². The van der Waals surface area contributed by atoms with Gasteiger partial charge < -0.3 is 19.9 Å². The van der Waals surface area contributed by atoms with E-state index in [0.717, 1.165) is 23.0 Å². The first-order chi connectivity index (χ1) is 11.6. The Hall–Kier alpha value is -2.13. The maximum atomic E-state index is 9.94. The van der Waals surface area contributed by atoms with Crippen LogP contribution in [0, 0.1) is 0 Å². The summed E-state index contributed by atoms with van der Waals surface area (Å²) in [6, 6.07) is 2.03. The van der Waals surface area contributed by atoms with Crippen LogP contribution in [0.3, 0.4) is 0 Å². The molecule has 8 nitrogen and oxygen atoms in total. The van der Waals surface area contributed by atoms with Gasteiger partial charge in [-0.1, -0.05) is 11.3 Å². The first-order valence-electron chi connectivity index (χ1n) is 7.72. The molecule has 1 fully saturated rings. The number of hydrogen-bond donors (Lipinski definition) is 2. The van der Waals surface area contributed by atoms with E-state index in [1.807, 2.05) is 0 Å². The number of aromatic hydroxyl groups is 1. The predicted molar refractivity (Wildman–Crippen MR) is 90.8 cm³/mol. The molecular weight excluding hydrogens is 330 g/mol. The molecule has 9 heteroatoms. The molecule has 2 N–H and O–H groups in total. The Morgan fingerprint density at radius 2 is 2.21 bits per heavy atom. The molecule has 0 aromatic carbocycles. The van der Waals surface area contributed by atoms with Crippen LogP contribution in [-0.4, -0.2) is 57.8 Å². The summed E-state index contributed by atoms with van der Waals surface area (Å²) in [5, 5.41) is 13.6. The van der Waals surface area contributed by atoms with Crippen molar-refractivity contribution in [2.45, 2.75) is 32.0 Å². The maximum Gasteiger partial charge on any atom is 0.228 e. The van der Waals surface area contributed by atoms with Gasteiger partial charge in [-0.3, -0.25) is 4.90 Å². The Labute approximate surface area is 144 Å². The fourth-order valence-electron chi connectivity index (χ4n) is 2.76. The molecule has 24 heavy (non-hydrogen) atoms. The van der Waals surface area contributed by atoms with Gasteiger partial charge in [0.25, 0.3) is 0 Å². The van der Waals surface area contributed by atoms with Gasteiger partial charge in [-0.15, -0.1) is 0 Å². The van der Waals surface area contributed by atoms with Gasteiger partial charge in [-0.25, -0.2) is 9.97 Å². The van der Waals surface area contributed by atoms with Gasteiger partial charge in [0, 0.05) is 32.6 Å². The zero-order valence-corrected chi connectivity index (χ0v) is 14.7. The van der Waals surface area contributed by atoms with Crippen LogP contribution < -0.4 is 14.8 Å². The molecule has 2 atom stereocenters. The predicted octanol–water partition coefficient (Wildman–Crippen LogP) is 1.73. The summed E-state index contributed by atoms with van der Waals surface area (Å²) in [6.45, 7) is 3.57. The first kappa shape index (κ1) is 16.7. The van der Waals surface area contributed by atoms with Crippen molar-refractivity contribution in [3.8, 4) is 17.6 Å². The van der Waals surface area contributed by atoms with Crippen LogP contribution in [0.1, 0.15) is 18.2 Å². The Morgan fingerprint density at radius 3 is 2.92 bits per heavy atom. The van der Waals surface area contributed by atoms with E-state index in [2.05, 4.69) is 32.1 Å². The summed E-state index contributed by atoms with van der Waals surface area (Å²) in [6.07, 6.45) is 2.36. The molecule has 130 valence electrons. The number of rotatable bonds is 6. The second-order valence-electron chi connectivity index (χ2n) is 5.67. The molecule has 1 saturated heterocycles. The lowest BCUT2D eigenvalue weighted by molar-refractivity contribution is 0.187. The van der Waals surface area contributed by atoms with E-state index in [4.69, 9.17) is 9.47 Å². The van der Waals surface area contributed by atoms with Crippen molar-refractivity contribution in [3.05, 3.63) is 17.3 Å². The molecule has 1 aliphatic heterocycles. The van der Waals surface area contributed by atoms with Crippen molar-refractivity contribution in [3.63, 3.8) is 0 Å². The molecule has 1 aliphatic rings. The summed E-state index contributed by atoms with van der Waals surface area (Å²) < 4.78 is 11.0. The van der Waals surface area contributed by atoms with Crippen molar-refractivity contribution in [2.75, 3.05) is 26.0 Å². The van der Waals surface area contributed by atoms with Crippen molar-refractivity contribution in [2.24, 2.45) is 0 Å². The fourth-order valence-corrected chi connectivity index (χ4v) is 3.59. The number of methoxy groups -OCH3 is 1. The lowest BCUT2D eigenvalue weighted by Crippen LogP contribution is -2.27. The molecule has 0 saturated carbocycles. The highest BCUT2D eigenvalue weighted by Crippen LogP contribution is 2.32. The molecule has 2 aromatic rings. The zero-order chi connectivity index (χ0) is 17.1. The van der Waals surface area contributed by atoms with E-state index in [1.54, 1.807) is 20.2 Å². The second kappa shape index (κ2) is 7.18. The molecule has 0 aliphatic carbocycles. The standard InChI is InChI=1S/C15H21N5O3S/c1-9-4-10(23-13-5-12(22-3)17-8-18-13)6-20(9)7-11-14(21)19-15(16-2)24-11/h5,8-10,21H,4,6-7H2,1-3H3,(H,16,19). The number of nitrogens with one attached hydrogen (secondary N) is 1. The van der Waals surface area contributed by atoms with Gasteiger partial charge in [-0.05, 0) is 6.92 Å². The molecule has 3 rings (SSSR count). The number of aromatic nitrogens is 3. The number of likely N-dealkylation sites (tertiary alicyclic amines) is 1. The van der Waals surface area contributed by atoms with Crippen LogP contribution in [0.4, 0.5) is 5.13 Å². The fraction of sp³-hybridized carbons (Fsp3) is 0.533. The average molecular weight is 351 g/mol. The minimum Gasteiger partial charge on any atom is -0.492 e. The smallest absolute Gasteiger partial charge is 0.228 e. The summed E-state index contributed by atoms with van der Waals surface area (Å²) in [5.74, 6) is 1.09. The van der Waals surface area contributed by atoms with Gasteiger partial charge in [0.1, 0.15) is 12.4 Å². The Bertz CT molecular complexity index is 695. The molecular formula is C15H21N5O3S. The van der Waals surface area contributed by atoms with Crippen LogP contribution in [-0.2, 0) is 6.54 Å². The van der Waals surface area contributed by atoms with E-state index in [9.17, 15) is 5.11 Å². The third-order valence-corrected chi connectivity index (χ3v) is 5.06. The second-order valence-corrected chi connectivity index (χ2v) is 6.75. The molecule has 0 bridgehead atoms. The minimum absolute atomic E-state index is 0.0402. The summed E-state index contributed by atoms with van der Waals surface area (Å²) in [7, 11) is 3.35. The highest BCUT2D eigenvalue weighted by molar-refractivity contribution is 7.15. The quantitative estimate of drug-likeness (QED) is 0.813. The van der Waals surface area contributed by atoms with Gasteiger partial charge in [-0.2, -0.15) is 4.98 Å². The van der Waals surface area contributed by atoms with Crippen molar-refractivity contribution in [1.29, 1.82) is 0 Å². The monoisotopic (exact) mass is 351 g/mol. The molecule has 0 spiro atoms.